The van der Waals surface area contributed by atoms with Gasteiger partial charge in [-0.05, 0) is 18.1 Å². The number of rotatable bonds is 6. The molecule has 0 heterocycles. The van der Waals surface area contributed by atoms with Gasteiger partial charge in [0.05, 0.1) is 4.92 Å². The van der Waals surface area contributed by atoms with Crippen LogP contribution in [-0.4, -0.2) is 21.2 Å². The van der Waals surface area contributed by atoms with Gasteiger partial charge in [-0.2, -0.15) is 0 Å². The van der Waals surface area contributed by atoms with Crippen molar-refractivity contribution in [2.45, 2.75) is 24.9 Å². The molecule has 0 amide bonds. The van der Waals surface area contributed by atoms with E-state index < -0.39 is 16.1 Å². The molecular formula is C12H14ClNO4S. The quantitative estimate of drug-likeness (QED) is 0.641. The number of nitrogens with zero attached hydrogens (tertiary/aromatic N) is 1. The number of carboxylic acid groups (broad SMARTS) is 1. The summed E-state index contributed by atoms with van der Waals surface area (Å²) in [4.78, 5) is 21.5. The van der Waals surface area contributed by atoms with Crippen LogP contribution >= 0.6 is 23.4 Å². The highest BCUT2D eigenvalue weighted by atomic mass is 35.5. The third kappa shape index (κ3) is 4.40. The number of benzene rings is 1. The summed E-state index contributed by atoms with van der Waals surface area (Å²) < 4.78 is 0. The minimum Gasteiger partial charge on any atom is -0.480 e. The lowest BCUT2D eigenvalue weighted by molar-refractivity contribution is -0.385. The van der Waals surface area contributed by atoms with E-state index in [0.29, 0.717) is 10.6 Å². The lowest BCUT2D eigenvalue weighted by atomic mass is 10.1. The van der Waals surface area contributed by atoms with E-state index in [1.165, 1.54) is 17.8 Å². The van der Waals surface area contributed by atoms with Gasteiger partial charge in [0.25, 0.3) is 5.69 Å². The number of nitro groups is 1. The smallest absolute Gasteiger partial charge is 0.316 e. The Morgan fingerprint density at radius 3 is 2.63 bits per heavy atom. The largest absolute Gasteiger partial charge is 0.480 e. The molecule has 1 unspecified atom stereocenters. The summed E-state index contributed by atoms with van der Waals surface area (Å²) in [5.74, 6) is -0.687. The SMILES string of the molecule is CC(C)C(SCc1ccc(Cl)cc1[N+](=O)[O-])C(=O)O. The number of carboxylic acids is 1. The number of carbonyl (C=O) groups is 1. The van der Waals surface area contributed by atoms with Crippen LogP contribution in [0.5, 0.6) is 0 Å². The molecule has 0 bridgehead atoms. The molecule has 7 heteroatoms. The first-order chi connectivity index (χ1) is 8.82. The summed E-state index contributed by atoms with van der Waals surface area (Å²) in [5.41, 5.74) is 0.402. The molecule has 0 aliphatic carbocycles. The topological polar surface area (TPSA) is 80.4 Å². The molecule has 5 nitrogen and oxygen atoms in total. The van der Waals surface area contributed by atoms with Gasteiger partial charge >= 0.3 is 5.97 Å². The van der Waals surface area contributed by atoms with Crippen molar-refractivity contribution in [1.29, 1.82) is 0 Å². The van der Waals surface area contributed by atoms with Crippen LogP contribution in [0.4, 0.5) is 5.69 Å². The van der Waals surface area contributed by atoms with Gasteiger partial charge in [-0.25, -0.2) is 0 Å². The Kier molecular flexibility index (Phi) is 5.62. The van der Waals surface area contributed by atoms with Crippen molar-refractivity contribution in [3.05, 3.63) is 38.9 Å². The van der Waals surface area contributed by atoms with E-state index in [9.17, 15) is 14.9 Å². The Balaban J connectivity index is 2.88. The predicted molar refractivity (Wildman–Crippen MR) is 75.7 cm³/mol. The minimum atomic E-state index is -0.906. The van der Waals surface area contributed by atoms with E-state index in [4.69, 9.17) is 16.7 Å². The van der Waals surface area contributed by atoms with Gasteiger partial charge in [0.1, 0.15) is 5.25 Å². The van der Waals surface area contributed by atoms with Gasteiger partial charge in [0, 0.05) is 22.4 Å². The van der Waals surface area contributed by atoms with E-state index in [2.05, 4.69) is 0 Å². The van der Waals surface area contributed by atoms with Gasteiger partial charge < -0.3 is 5.11 Å². The van der Waals surface area contributed by atoms with E-state index in [-0.39, 0.29) is 17.4 Å². The Morgan fingerprint density at radius 2 is 2.16 bits per heavy atom. The highest BCUT2D eigenvalue weighted by Gasteiger charge is 2.23. The molecule has 1 aromatic rings. The molecule has 0 aliphatic heterocycles. The van der Waals surface area contributed by atoms with Gasteiger partial charge in [-0.1, -0.05) is 25.4 Å². The molecule has 1 atom stereocenters. The van der Waals surface area contributed by atoms with Crippen LogP contribution in [0.15, 0.2) is 18.2 Å². The zero-order valence-corrected chi connectivity index (χ0v) is 12.1. The molecule has 1 rings (SSSR count). The molecule has 0 radical (unpaired) electrons. The van der Waals surface area contributed by atoms with Crippen molar-refractivity contribution < 1.29 is 14.8 Å². The fraction of sp³-hybridized carbons (Fsp3) is 0.417. The highest BCUT2D eigenvalue weighted by Crippen LogP contribution is 2.30. The highest BCUT2D eigenvalue weighted by molar-refractivity contribution is 7.99. The second-order valence-electron chi connectivity index (χ2n) is 4.34. The van der Waals surface area contributed by atoms with E-state index in [0.717, 1.165) is 0 Å². The fourth-order valence-electron chi connectivity index (χ4n) is 1.56. The molecule has 0 aromatic heterocycles. The third-order valence-corrected chi connectivity index (χ3v) is 4.33. The Bertz CT molecular complexity index is 493. The molecular weight excluding hydrogens is 290 g/mol. The van der Waals surface area contributed by atoms with Crippen molar-refractivity contribution in [2.24, 2.45) is 5.92 Å². The summed E-state index contributed by atoms with van der Waals surface area (Å²) in [6.07, 6.45) is 0. The molecule has 1 N–H and O–H groups in total. The van der Waals surface area contributed by atoms with Crippen LogP contribution in [0, 0.1) is 16.0 Å². The number of halogens is 1. The lowest BCUT2D eigenvalue weighted by Crippen LogP contribution is -2.22. The van der Waals surface area contributed by atoms with E-state index >= 15 is 0 Å². The van der Waals surface area contributed by atoms with Crippen LogP contribution in [0.1, 0.15) is 19.4 Å². The maximum absolute atomic E-state index is 11.1. The van der Waals surface area contributed by atoms with Crippen LogP contribution in [0.25, 0.3) is 0 Å². The second kappa shape index (κ2) is 6.77. The standard InChI is InChI=1S/C12H14ClNO4S/c1-7(2)11(12(15)16)19-6-8-3-4-9(13)5-10(8)14(17)18/h3-5,7,11H,6H2,1-2H3,(H,15,16). The third-order valence-electron chi connectivity index (χ3n) is 2.51. The summed E-state index contributed by atoms with van der Waals surface area (Å²) in [6.45, 7) is 3.62. The number of hydrogen-bond donors (Lipinski definition) is 1. The average molecular weight is 304 g/mol. The maximum atomic E-state index is 11.1. The normalized spacial score (nSPS) is 12.4. The number of hydrogen-bond acceptors (Lipinski definition) is 4. The van der Waals surface area contributed by atoms with Crippen molar-refractivity contribution in [2.75, 3.05) is 0 Å². The average Bonchev–Trinajstić information content (AvgIpc) is 2.29. The zero-order chi connectivity index (χ0) is 14.6. The van der Waals surface area contributed by atoms with E-state index in [1.807, 2.05) is 13.8 Å². The molecule has 0 saturated heterocycles. The van der Waals surface area contributed by atoms with Gasteiger partial charge in [-0.3, -0.25) is 14.9 Å². The van der Waals surface area contributed by atoms with Crippen LogP contribution < -0.4 is 0 Å². The van der Waals surface area contributed by atoms with Crippen LogP contribution in [0.3, 0.4) is 0 Å². The first-order valence-electron chi connectivity index (χ1n) is 5.60. The maximum Gasteiger partial charge on any atom is 0.316 e. The van der Waals surface area contributed by atoms with Crippen LogP contribution in [0.2, 0.25) is 5.02 Å². The molecule has 0 spiro atoms. The Hall–Kier alpha value is -1.27. The first kappa shape index (κ1) is 15.8. The van der Waals surface area contributed by atoms with Crippen molar-refractivity contribution in [1.82, 2.24) is 0 Å². The summed E-state index contributed by atoms with van der Waals surface area (Å²) in [7, 11) is 0. The molecule has 19 heavy (non-hydrogen) atoms. The Morgan fingerprint density at radius 1 is 1.53 bits per heavy atom. The summed E-state index contributed by atoms with van der Waals surface area (Å²) in [6, 6.07) is 4.41. The van der Waals surface area contributed by atoms with Crippen molar-refractivity contribution in [3.63, 3.8) is 0 Å². The number of nitro benzene ring substituents is 1. The summed E-state index contributed by atoms with van der Waals surface area (Å²) in [5, 5.41) is 19.7. The lowest BCUT2D eigenvalue weighted by Gasteiger charge is -2.15. The van der Waals surface area contributed by atoms with Crippen molar-refractivity contribution >= 4 is 35.0 Å². The van der Waals surface area contributed by atoms with Crippen LogP contribution in [-0.2, 0) is 10.5 Å². The second-order valence-corrected chi connectivity index (χ2v) is 5.91. The Labute approximate surface area is 120 Å². The fourth-order valence-corrected chi connectivity index (χ4v) is 2.85. The molecule has 0 saturated carbocycles. The minimum absolute atomic E-state index is 0.0474. The molecule has 0 fully saturated rings. The first-order valence-corrected chi connectivity index (χ1v) is 7.02. The zero-order valence-electron chi connectivity index (χ0n) is 10.5. The summed E-state index contributed by atoms with van der Waals surface area (Å²) >= 11 is 6.90. The van der Waals surface area contributed by atoms with Gasteiger partial charge in [0.15, 0.2) is 0 Å². The molecule has 104 valence electrons. The molecule has 0 aliphatic rings. The molecule has 1 aromatic carbocycles. The van der Waals surface area contributed by atoms with E-state index in [1.54, 1.807) is 12.1 Å². The monoisotopic (exact) mass is 303 g/mol. The number of aliphatic carboxylic acids is 1. The van der Waals surface area contributed by atoms with Gasteiger partial charge in [0.2, 0.25) is 0 Å². The predicted octanol–water partition coefficient (Wildman–Crippen LogP) is 3.59. The number of thioether (sulfide) groups is 1. The van der Waals surface area contributed by atoms with Crippen molar-refractivity contribution in [3.8, 4) is 0 Å². The van der Waals surface area contributed by atoms with Gasteiger partial charge in [-0.15, -0.1) is 11.8 Å².